The van der Waals surface area contributed by atoms with Crippen LogP contribution in [0.2, 0.25) is 0 Å². The Hall–Kier alpha value is -3.06. The molecule has 0 aromatic heterocycles. The van der Waals surface area contributed by atoms with Crippen molar-refractivity contribution in [2.24, 2.45) is 5.92 Å². The highest BCUT2D eigenvalue weighted by molar-refractivity contribution is 5.94. The van der Waals surface area contributed by atoms with Crippen LogP contribution in [-0.4, -0.2) is 61.8 Å². The fourth-order valence-corrected chi connectivity index (χ4v) is 4.65. The predicted octanol–water partition coefficient (Wildman–Crippen LogP) is 3.26. The summed E-state index contributed by atoms with van der Waals surface area (Å²) in [5, 5.41) is 5.91. The van der Waals surface area contributed by atoms with Crippen LogP contribution in [0.5, 0.6) is 0 Å². The summed E-state index contributed by atoms with van der Waals surface area (Å²) in [5.74, 6) is 0.474. The molecule has 3 unspecified atom stereocenters. The lowest BCUT2D eigenvalue weighted by molar-refractivity contribution is -0.0586. The molecule has 0 radical (unpaired) electrons. The minimum Gasteiger partial charge on any atom is -0.372 e. The molecule has 0 aliphatic carbocycles. The molecule has 2 saturated heterocycles. The second-order valence-corrected chi connectivity index (χ2v) is 9.16. The van der Waals surface area contributed by atoms with E-state index in [2.05, 4.69) is 39.8 Å². The first-order valence-corrected chi connectivity index (χ1v) is 11.8. The average molecular weight is 451 g/mol. The first-order valence-electron chi connectivity index (χ1n) is 11.8. The lowest BCUT2D eigenvalue weighted by Crippen LogP contribution is -2.48. The van der Waals surface area contributed by atoms with Crippen molar-refractivity contribution < 1.29 is 14.3 Å². The molecule has 33 heavy (non-hydrogen) atoms. The number of carbonyl (C=O) groups excluding carboxylic acids is 2. The molecule has 2 aromatic rings. The van der Waals surface area contributed by atoms with Gasteiger partial charge in [-0.15, -0.1) is 0 Å². The summed E-state index contributed by atoms with van der Waals surface area (Å²) in [7, 11) is 0. The Balaban J connectivity index is 1.19. The maximum absolute atomic E-state index is 12.8. The van der Waals surface area contributed by atoms with Gasteiger partial charge in [0.25, 0.3) is 5.91 Å². The van der Waals surface area contributed by atoms with Crippen LogP contribution in [0.15, 0.2) is 54.6 Å². The van der Waals surface area contributed by atoms with Crippen molar-refractivity contribution in [2.45, 2.75) is 39.0 Å². The third-order valence-corrected chi connectivity index (χ3v) is 6.32. The van der Waals surface area contributed by atoms with Gasteiger partial charge in [-0.1, -0.05) is 30.3 Å². The van der Waals surface area contributed by atoms with Gasteiger partial charge in [0.1, 0.15) is 0 Å². The quantitative estimate of drug-likeness (QED) is 0.709. The minimum atomic E-state index is -0.162. The Morgan fingerprint density at radius 1 is 0.939 bits per heavy atom. The van der Waals surface area contributed by atoms with Gasteiger partial charge >= 0.3 is 6.03 Å². The monoisotopic (exact) mass is 450 g/mol. The highest BCUT2D eigenvalue weighted by atomic mass is 16.5. The number of amides is 3. The lowest BCUT2D eigenvalue weighted by atomic mass is 10.1. The molecule has 4 rings (SSSR count). The van der Waals surface area contributed by atoms with Gasteiger partial charge in [-0.3, -0.25) is 4.79 Å². The summed E-state index contributed by atoms with van der Waals surface area (Å²) < 4.78 is 5.71. The molecule has 2 aliphatic rings. The molecule has 2 aliphatic heterocycles. The summed E-state index contributed by atoms with van der Waals surface area (Å²) in [6.07, 6.45) is 1.17. The van der Waals surface area contributed by atoms with Crippen LogP contribution in [0.4, 0.5) is 10.5 Å². The van der Waals surface area contributed by atoms with Crippen LogP contribution in [0.1, 0.15) is 36.2 Å². The van der Waals surface area contributed by atoms with E-state index in [0.29, 0.717) is 37.7 Å². The number of morpholine rings is 1. The fraction of sp³-hybridized carbons (Fsp3) is 0.462. The largest absolute Gasteiger partial charge is 0.372 e. The van der Waals surface area contributed by atoms with Crippen molar-refractivity contribution in [2.75, 3.05) is 37.6 Å². The molecule has 2 N–H and O–H groups in total. The summed E-state index contributed by atoms with van der Waals surface area (Å²) in [6.45, 7) is 8.26. The van der Waals surface area contributed by atoms with Crippen molar-refractivity contribution in [3.8, 4) is 0 Å². The van der Waals surface area contributed by atoms with E-state index in [1.54, 1.807) is 0 Å². The third-order valence-electron chi connectivity index (χ3n) is 6.32. The van der Waals surface area contributed by atoms with Gasteiger partial charge in [-0.2, -0.15) is 0 Å². The van der Waals surface area contributed by atoms with Crippen molar-refractivity contribution in [3.63, 3.8) is 0 Å². The van der Waals surface area contributed by atoms with Crippen LogP contribution in [0, 0.1) is 5.92 Å². The lowest BCUT2D eigenvalue weighted by Gasteiger charge is -2.35. The number of rotatable bonds is 6. The maximum Gasteiger partial charge on any atom is 0.315 e. The summed E-state index contributed by atoms with van der Waals surface area (Å²) in [4.78, 5) is 29.3. The number of urea groups is 1. The Bertz CT molecular complexity index is 924. The van der Waals surface area contributed by atoms with Crippen molar-refractivity contribution in [1.29, 1.82) is 0 Å². The van der Waals surface area contributed by atoms with Gasteiger partial charge in [-0.25, -0.2) is 4.79 Å². The normalized spacial score (nSPS) is 22.8. The molecule has 7 heteroatoms. The molecule has 2 heterocycles. The number of para-hydroxylation sites is 1. The zero-order valence-electron chi connectivity index (χ0n) is 19.5. The minimum absolute atomic E-state index is 0.0235. The first-order chi connectivity index (χ1) is 16.0. The molecule has 0 saturated carbocycles. The Kier molecular flexibility index (Phi) is 7.50. The van der Waals surface area contributed by atoms with Crippen molar-refractivity contribution in [1.82, 2.24) is 15.5 Å². The summed E-state index contributed by atoms with van der Waals surface area (Å²) >= 11 is 0. The molecule has 0 bridgehead atoms. The number of carbonyl (C=O) groups is 2. The number of ether oxygens (including phenoxy) is 1. The van der Waals surface area contributed by atoms with Crippen LogP contribution in [0.25, 0.3) is 0 Å². The van der Waals surface area contributed by atoms with E-state index in [1.165, 1.54) is 5.69 Å². The number of benzene rings is 2. The predicted molar refractivity (Wildman–Crippen MR) is 129 cm³/mol. The summed E-state index contributed by atoms with van der Waals surface area (Å²) in [5.41, 5.74) is 2.86. The van der Waals surface area contributed by atoms with Crippen molar-refractivity contribution >= 4 is 17.6 Å². The molecule has 3 amide bonds. The highest BCUT2D eigenvalue weighted by Crippen LogP contribution is 2.23. The van der Waals surface area contributed by atoms with Crippen LogP contribution >= 0.6 is 0 Å². The number of hydrogen-bond donors (Lipinski definition) is 2. The molecule has 0 spiro atoms. The first kappa shape index (κ1) is 23.1. The van der Waals surface area contributed by atoms with E-state index in [-0.39, 0.29) is 24.1 Å². The molecule has 3 atom stereocenters. The molecule has 2 aromatic carbocycles. The molecule has 7 nitrogen and oxygen atoms in total. The van der Waals surface area contributed by atoms with Gasteiger partial charge in [0, 0.05) is 50.5 Å². The third kappa shape index (κ3) is 6.26. The Morgan fingerprint density at radius 3 is 2.33 bits per heavy atom. The van der Waals surface area contributed by atoms with Gasteiger partial charge in [0.05, 0.1) is 12.2 Å². The number of nitrogens with zero attached hydrogens (tertiary/aromatic N) is 2. The number of nitrogens with one attached hydrogen (secondary N) is 2. The highest BCUT2D eigenvalue weighted by Gasteiger charge is 2.26. The topological polar surface area (TPSA) is 73.9 Å². The molecule has 176 valence electrons. The zero-order chi connectivity index (χ0) is 23.2. The van der Waals surface area contributed by atoms with Crippen LogP contribution in [0.3, 0.4) is 0 Å². The second kappa shape index (κ2) is 10.7. The van der Waals surface area contributed by atoms with Crippen LogP contribution < -0.4 is 15.5 Å². The van der Waals surface area contributed by atoms with Gasteiger partial charge < -0.3 is 25.2 Å². The smallest absolute Gasteiger partial charge is 0.315 e. The summed E-state index contributed by atoms with van der Waals surface area (Å²) in [6, 6.07) is 17.7. The van der Waals surface area contributed by atoms with Gasteiger partial charge in [0.2, 0.25) is 0 Å². The van der Waals surface area contributed by atoms with E-state index >= 15 is 0 Å². The molecular formula is C26H34N4O3. The number of hydrogen-bond acceptors (Lipinski definition) is 4. The average Bonchev–Trinajstić information content (AvgIpc) is 3.30. The van der Waals surface area contributed by atoms with E-state index in [1.807, 2.05) is 49.1 Å². The molecular weight excluding hydrogens is 416 g/mol. The second-order valence-electron chi connectivity index (χ2n) is 9.16. The zero-order valence-corrected chi connectivity index (χ0v) is 19.5. The number of anilines is 1. The van der Waals surface area contributed by atoms with Crippen molar-refractivity contribution in [3.05, 3.63) is 65.7 Å². The fourth-order valence-electron chi connectivity index (χ4n) is 4.65. The Morgan fingerprint density at radius 2 is 1.64 bits per heavy atom. The van der Waals surface area contributed by atoms with Gasteiger partial charge in [-0.05, 0) is 56.0 Å². The standard InChI is InChI=1S/C26H34N4O3/c1-19-16-30(17-20(2)33-19)25(31)23-10-8-21(9-11-23)14-27-26(32)28-15-22-12-13-29(18-22)24-6-4-3-5-7-24/h3-11,19-20,22H,12-18H2,1-2H3,(H2,27,28,32). The maximum atomic E-state index is 12.8. The van der Waals surface area contributed by atoms with E-state index in [0.717, 1.165) is 25.1 Å². The van der Waals surface area contributed by atoms with Gasteiger partial charge in [0.15, 0.2) is 0 Å². The van der Waals surface area contributed by atoms with E-state index < -0.39 is 0 Å². The SMILES string of the molecule is CC1CN(C(=O)c2ccc(CNC(=O)NCC3CCN(c4ccccc4)C3)cc2)CC(C)O1. The Labute approximate surface area is 196 Å². The van der Waals surface area contributed by atoms with E-state index in [4.69, 9.17) is 4.74 Å². The van der Waals surface area contributed by atoms with E-state index in [9.17, 15) is 9.59 Å². The van der Waals surface area contributed by atoms with Crippen LogP contribution in [-0.2, 0) is 11.3 Å². The molecule has 2 fully saturated rings.